The van der Waals surface area contributed by atoms with Crippen molar-refractivity contribution in [2.75, 3.05) is 0 Å². The van der Waals surface area contributed by atoms with Crippen LogP contribution in [-0.4, -0.2) is 106 Å². The van der Waals surface area contributed by atoms with E-state index in [0.29, 0.717) is 22.3 Å². The number of benzene rings is 4. The quantitative estimate of drug-likeness (QED) is 0.232. The fraction of sp³-hybridized carbons (Fsp3) is 0.206. The van der Waals surface area contributed by atoms with Crippen molar-refractivity contribution >= 4 is 69.4 Å². The molecule has 0 spiro atoms. The summed E-state index contributed by atoms with van der Waals surface area (Å²) in [4.78, 5) is 43.5. The van der Waals surface area contributed by atoms with Gasteiger partial charge in [0.2, 0.25) is 0 Å². The summed E-state index contributed by atoms with van der Waals surface area (Å²) in [6, 6.07) is 32.2. The summed E-state index contributed by atoms with van der Waals surface area (Å²) in [5, 5.41) is 34.6. The van der Waals surface area contributed by atoms with E-state index >= 15 is 0 Å². The molecule has 0 saturated carbocycles. The Morgan fingerprint density at radius 2 is 1.14 bits per heavy atom. The average molecular weight is 605 g/mol. The van der Waals surface area contributed by atoms with Gasteiger partial charge in [0, 0.05) is 19.0 Å². The predicted octanol–water partition coefficient (Wildman–Crippen LogP) is 4.32. The third-order valence-electron chi connectivity index (χ3n) is 8.32. The third kappa shape index (κ3) is 5.81. The molecule has 3 N–H and O–H groups in total. The number of hydrogen-bond acceptors (Lipinski definition) is 4. The molecule has 43 heavy (non-hydrogen) atoms. The number of carboxylic acids is 2. The van der Waals surface area contributed by atoms with Gasteiger partial charge in [-0.1, -0.05) is 128 Å². The van der Waals surface area contributed by atoms with Crippen LogP contribution in [0.2, 0.25) is 0 Å². The number of aliphatic carboxylic acids is 2. The topological polar surface area (TPSA) is 118 Å². The summed E-state index contributed by atoms with van der Waals surface area (Å²) >= 11 is 0. The molecule has 0 bridgehead atoms. The van der Waals surface area contributed by atoms with Gasteiger partial charge < -0.3 is 25.1 Å². The summed E-state index contributed by atoms with van der Waals surface area (Å²) in [5.74, 6) is -4.35. The van der Waals surface area contributed by atoms with Crippen molar-refractivity contribution in [3.05, 3.63) is 144 Å². The van der Waals surface area contributed by atoms with Crippen LogP contribution in [0.25, 0.3) is 0 Å². The van der Waals surface area contributed by atoms with Crippen LogP contribution in [0.15, 0.2) is 121 Å². The number of carboxylic acid groups (broad SMARTS) is 2. The molecule has 1 heterocycles. The van der Waals surface area contributed by atoms with Crippen molar-refractivity contribution in [1.82, 2.24) is 9.80 Å². The first-order valence-electron chi connectivity index (χ1n) is 13.7. The molecule has 0 unspecified atom stereocenters. The van der Waals surface area contributed by atoms with Crippen LogP contribution in [0, 0.1) is 5.92 Å². The Balaban J connectivity index is 0.00000423. The third-order valence-corrected chi connectivity index (χ3v) is 8.32. The summed E-state index contributed by atoms with van der Waals surface area (Å²) in [7, 11) is 0. The van der Waals surface area contributed by atoms with Gasteiger partial charge in [0.05, 0.1) is 0 Å². The molecule has 9 heteroatoms. The molecule has 4 aromatic rings. The monoisotopic (exact) mass is 604 g/mol. The van der Waals surface area contributed by atoms with Crippen LogP contribution in [0.3, 0.4) is 0 Å². The van der Waals surface area contributed by atoms with Gasteiger partial charge in [0.1, 0.15) is 5.60 Å². The number of carbonyl (C=O) groups excluding carboxylic acids is 1. The number of aliphatic hydroxyl groups is 1. The molecule has 4 aromatic carbocycles. The maximum atomic E-state index is 14.3. The summed E-state index contributed by atoms with van der Waals surface area (Å²) in [6.07, 6.45) is 0. The molecule has 2 amide bonds. The van der Waals surface area contributed by atoms with E-state index in [2.05, 4.69) is 0 Å². The van der Waals surface area contributed by atoms with E-state index in [1.54, 1.807) is 121 Å². The SMILES string of the molecule is C[C@H](C(O)(c1ccccc1)c1ccccc1)[C@]1(C(=O)O)[C@@H](C(=O)O)N(Cc2ccccc2)C(=O)N1Cc1ccccc1.[KH]. The van der Waals surface area contributed by atoms with E-state index < -0.39 is 41.1 Å². The zero-order chi connectivity index (χ0) is 29.9. The molecule has 1 aliphatic rings. The molecule has 0 aliphatic carbocycles. The van der Waals surface area contributed by atoms with Gasteiger partial charge in [-0.25, -0.2) is 14.4 Å². The molecule has 5 rings (SSSR count). The first-order valence-corrected chi connectivity index (χ1v) is 13.7. The van der Waals surface area contributed by atoms with Crippen molar-refractivity contribution in [1.29, 1.82) is 0 Å². The number of rotatable bonds is 10. The maximum absolute atomic E-state index is 14.3. The van der Waals surface area contributed by atoms with E-state index in [-0.39, 0.29) is 64.5 Å². The zero-order valence-corrected chi connectivity index (χ0v) is 23.1. The second kappa shape index (κ2) is 13.5. The average Bonchev–Trinajstić information content (AvgIpc) is 3.26. The Kier molecular flexibility index (Phi) is 10.3. The number of nitrogens with zero attached hydrogens (tertiary/aromatic N) is 2. The molecule has 1 fully saturated rings. The van der Waals surface area contributed by atoms with Crippen molar-refractivity contribution in [2.24, 2.45) is 5.92 Å². The molecule has 8 nitrogen and oxygen atoms in total. The van der Waals surface area contributed by atoms with E-state index in [1.165, 1.54) is 6.92 Å². The number of hydrogen-bond donors (Lipinski definition) is 3. The number of amides is 2. The molecular formula is C34H33KN2O6. The van der Waals surface area contributed by atoms with Crippen LogP contribution in [0.4, 0.5) is 4.79 Å². The molecule has 3 atom stereocenters. The Morgan fingerprint density at radius 1 is 0.744 bits per heavy atom. The van der Waals surface area contributed by atoms with Gasteiger partial charge in [0.25, 0.3) is 0 Å². The molecule has 1 aliphatic heterocycles. The Labute approximate surface area is 293 Å². The predicted molar refractivity (Wildman–Crippen MR) is 163 cm³/mol. The van der Waals surface area contributed by atoms with Gasteiger partial charge in [-0.05, 0) is 22.3 Å². The van der Waals surface area contributed by atoms with Gasteiger partial charge in [-0.15, -0.1) is 0 Å². The first kappa shape index (κ1) is 32.6. The molecule has 216 valence electrons. The van der Waals surface area contributed by atoms with E-state index in [9.17, 15) is 29.7 Å². The first-order chi connectivity index (χ1) is 20.2. The molecule has 0 radical (unpaired) electrons. The number of urea groups is 1. The second-order valence-corrected chi connectivity index (χ2v) is 10.6. The standard InChI is InChI=1S/C34H32N2O6.K.H/c1-24(34(42,27-18-10-4-11-19-27)28-20-12-5-13-21-28)33(31(39)40)29(30(37)38)35(22-25-14-6-2-7-15-25)32(41)36(33)23-26-16-8-3-9-17-26;;/h2-21,24,29,42H,22-23H2,1H3,(H,37,38)(H,39,40);;/t24-,29+,33+;;/m0../s1. The normalized spacial score (nSPS) is 19.0. The fourth-order valence-electron chi connectivity index (χ4n) is 6.29. The second-order valence-electron chi connectivity index (χ2n) is 10.6. The van der Waals surface area contributed by atoms with Gasteiger partial charge in [-0.2, -0.15) is 0 Å². The van der Waals surface area contributed by atoms with Crippen molar-refractivity contribution in [2.45, 2.75) is 37.2 Å². The zero-order valence-electron chi connectivity index (χ0n) is 23.1. The van der Waals surface area contributed by atoms with Crippen molar-refractivity contribution in [3.8, 4) is 0 Å². The van der Waals surface area contributed by atoms with Crippen molar-refractivity contribution in [3.63, 3.8) is 0 Å². The summed E-state index contributed by atoms with van der Waals surface area (Å²) in [5.41, 5.74) is -2.37. The van der Waals surface area contributed by atoms with E-state index in [1.807, 2.05) is 0 Å². The minimum atomic E-state index is -2.39. The molecular weight excluding hydrogens is 571 g/mol. The van der Waals surface area contributed by atoms with Gasteiger partial charge in [0.15, 0.2) is 11.6 Å². The van der Waals surface area contributed by atoms with E-state index in [0.717, 1.165) is 9.80 Å². The summed E-state index contributed by atoms with van der Waals surface area (Å²) < 4.78 is 0. The van der Waals surface area contributed by atoms with Crippen LogP contribution in [0.1, 0.15) is 29.2 Å². The van der Waals surface area contributed by atoms with Crippen LogP contribution in [-0.2, 0) is 28.3 Å². The molecule has 1 saturated heterocycles. The van der Waals surface area contributed by atoms with Gasteiger partial charge in [-0.3, -0.25) is 0 Å². The van der Waals surface area contributed by atoms with Crippen molar-refractivity contribution < 1.29 is 29.7 Å². The van der Waals surface area contributed by atoms with Crippen LogP contribution >= 0.6 is 0 Å². The molecule has 0 aromatic heterocycles. The minimum absolute atomic E-state index is 0. The Morgan fingerprint density at radius 3 is 1.53 bits per heavy atom. The fourth-order valence-corrected chi connectivity index (χ4v) is 6.29. The number of carbonyl (C=O) groups is 3. The summed E-state index contributed by atoms with van der Waals surface area (Å²) in [6.45, 7) is 1.21. The van der Waals surface area contributed by atoms with E-state index in [4.69, 9.17) is 0 Å². The van der Waals surface area contributed by atoms with Crippen LogP contribution < -0.4 is 0 Å². The van der Waals surface area contributed by atoms with Gasteiger partial charge >= 0.3 is 69.4 Å². The van der Waals surface area contributed by atoms with Crippen LogP contribution in [0.5, 0.6) is 0 Å². The Hall–Kier alpha value is -3.31. The Bertz CT molecular complexity index is 1520.